The molecule has 9 heteroatoms. The maximum absolute atomic E-state index is 15.1. The predicted molar refractivity (Wildman–Crippen MR) is 155 cm³/mol. The van der Waals surface area contributed by atoms with Gasteiger partial charge < -0.3 is 14.8 Å². The van der Waals surface area contributed by atoms with Crippen molar-refractivity contribution in [3.8, 4) is 5.75 Å². The maximum atomic E-state index is 15.1. The van der Waals surface area contributed by atoms with Crippen LogP contribution in [-0.4, -0.2) is 33.2 Å². The largest absolute Gasteiger partial charge is 0.486 e. The van der Waals surface area contributed by atoms with Crippen LogP contribution in [-0.2, 0) is 35.5 Å². The lowest BCUT2D eigenvalue weighted by molar-refractivity contribution is -0.143. The molecule has 1 aliphatic heterocycles. The summed E-state index contributed by atoms with van der Waals surface area (Å²) in [7, 11) is 0. The number of fused-ring (bicyclic) bond motifs is 1. The third kappa shape index (κ3) is 7.03. The molecule has 0 amide bonds. The number of carbonyl (C=O) groups excluding carboxylic acids is 1. The standard InChI is InChI=1S/C32H35FN4O4/c1-2-40-30(38)21-28(25-13-15-29(27(33)20-25)41-22-23-8-4-3-5-9-23)37-19-18-36(32(37)39)17-7-11-26-14-12-24-10-6-16-34-31(24)35-26/h3-5,8-9,12-15,18-20,28H,2,6-7,10-11,16-17,21-22H2,1H3,(H,34,35)/t28-/m1/s1. The van der Waals surface area contributed by atoms with Crippen molar-refractivity contribution in [2.75, 3.05) is 18.5 Å². The van der Waals surface area contributed by atoms with Crippen molar-refractivity contribution in [1.29, 1.82) is 0 Å². The summed E-state index contributed by atoms with van der Waals surface area (Å²) in [6.07, 6.45) is 6.85. The quantitative estimate of drug-likeness (QED) is 0.238. The molecule has 0 saturated carbocycles. The lowest BCUT2D eigenvalue weighted by Gasteiger charge is -2.19. The van der Waals surface area contributed by atoms with E-state index in [0.29, 0.717) is 12.1 Å². The van der Waals surface area contributed by atoms with E-state index in [2.05, 4.69) is 17.4 Å². The van der Waals surface area contributed by atoms with Gasteiger partial charge in [0.15, 0.2) is 11.6 Å². The van der Waals surface area contributed by atoms with E-state index < -0.39 is 17.8 Å². The summed E-state index contributed by atoms with van der Waals surface area (Å²) < 4.78 is 29.0. The molecule has 2 aromatic heterocycles. The number of hydrogen-bond acceptors (Lipinski definition) is 6. The van der Waals surface area contributed by atoms with E-state index in [9.17, 15) is 9.59 Å². The van der Waals surface area contributed by atoms with E-state index in [-0.39, 0.29) is 31.1 Å². The second kappa shape index (κ2) is 13.3. The highest BCUT2D eigenvalue weighted by Crippen LogP contribution is 2.27. The summed E-state index contributed by atoms with van der Waals surface area (Å²) in [5.41, 5.74) is 3.35. The lowest BCUT2D eigenvalue weighted by atomic mass is 10.0. The topological polar surface area (TPSA) is 87.4 Å². The number of aryl methyl sites for hydroxylation is 3. The summed E-state index contributed by atoms with van der Waals surface area (Å²) in [5.74, 6) is 0.0341. The highest BCUT2D eigenvalue weighted by molar-refractivity contribution is 5.70. The average molecular weight is 559 g/mol. The third-order valence-electron chi connectivity index (χ3n) is 7.24. The van der Waals surface area contributed by atoms with Crippen molar-refractivity contribution in [2.45, 2.75) is 58.2 Å². The molecule has 0 unspecified atom stereocenters. The zero-order valence-electron chi connectivity index (χ0n) is 23.2. The number of anilines is 1. The van der Waals surface area contributed by atoms with Crippen LogP contribution in [0.3, 0.4) is 0 Å². The number of esters is 1. The molecule has 0 aliphatic carbocycles. The molecule has 0 spiro atoms. The summed E-state index contributed by atoms with van der Waals surface area (Å²) in [6, 6.07) is 17.5. The highest BCUT2D eigenvalue weighted by Gasteiger charge is 2.23. The smallest absolute Gasteiger partial charge is 0.328 e. The van der Waals surface area contributed by atoms with E-state index in [0.717, 1.165) is 49.3 Å². The van der Waals surface area contributed by atoms with Gasteiger partial charge >= 0.3 is 11.7 Å². The first-order valence-corrected chi connectivity index (χ1v) is 14.1. The number of rotatable bonds is 12. The van der Waals surface area contributed by atoms with Gasteiger partial charge in [-0.25, -0.2) is 14.2 Å². The maximum Gasteiger partial charge on any atom is 0.328 e. The Hall–Kier alpha value is -4.40. The number of nitrogens with zero attached hydrogens (tertiary/aromatic N) is 3. The van der Waals surface area contributed by atoms with Crippen molar-refractivity contribution in [2.24, 2.45) is 0 Å². The molecular formula is C32H35FN4O4. The van der Waals surface area contributed by atoms with Gasteiger partial charge in [-0.05, 0) is 67.5 Å². The Morgan fingerprint density at radius 2 is 1.98 bits per heavy atom. The van der Waals surface area contributed by atoms with Crippen LogP contribution in [0.2, 0.25) is 0 Å². The molecule has 0 radical (unpaired) electrons. The Labute approximate surface area is 238 Å². The molecule has 0 saturated heterocycles. The molecule has 41 heavy (non-hydrogen) atoms. The second-order valence-corrected chi connectivity index (χ2v) is 10.1. The molecule has 1 N–H and O–H groups in total. The summed E-state index contributed by atoms with van der Waals surface area (Å²) in [4.78, 5) is 30.6. The van der Waals surface area contributed by atoms with Crippen LogP contribution in [0, 0.1) is 5.82 Å². The number of carbonyl (C=O) groups is 1. The molecular weight excluding hydrogens is 523 g/mol. The first-order chi connectivity index (χ1) is 20.0. The molecule has 0 bridgehead atoms. The fourth-order valence-corrected chi connectivity index (χ4v) is 5.11. The minimum Gasteiger partial charge on any atom is -0.486 e. The monoisotopic (exact) mass is 558 g/mol. The van der Waals surface area contributed by atoms with Crippen LogP contribution in [0.15, 0.2) is 77.9 Å². The van der Waals surface area contributed by atoms with Gasteiger partial charge in [0.1, 0.15) is 12.4 Å². The minimum absolute atomic E-state index is 0.100. The van der Waals surface area contributed by atoms with Crippen molar-refractivity contribution >= 4 is 11.8 Å². The van der Waals surface area contributed by atoms with E-state index >= 15 is 4.39 Å². The zero-order chi connectivity index (χ0) is 28.6. The van der Waals surface area contributed by atoms with Crippen molar-refractivity contribution < 1.29 is 18.7 Å². The number of benzene rings is 2. The van der Waals surface area contributed by atoms with Crippen LogP contribution in [0.1, 0.15) is 54.6 Å². The molecule has 8 nitrogen and oxygen atoms in total. The SMILES string of the molecule is CCOC(=O)C[C@H](c1ccc(OCc2ccccc2)c(F)c1)n1ccn(CCCc2ccc3c(n2)NCCC3)c1=O. The first kappa shape index (κ1) is 28.1. The molecule has 2 aromatic carbocycles. The van der Waals surface area contributed by atoms with E-state index in [1.165, 1.54) is 22.3 Å². The van der Waals surface area contributed by atoms with Crippen LogP contribution in [0.5, 0.6) is 5.75 Å². The van der Waals surface area contributed by atoms with Crippen molar-refractivity contribution in [3.05, 3.63) is 112 Å². The number of aromatic nitrogens is 3. The van der Waals surface area contributed by atoms with Gasteiger partial charge in [0, 0.05) is 31.2 Å². The number of pyridine rings is 1. The molecule has 1 atom stereocenters. The number of hydrogen-bond donors (Lipinski definition) is 1. The number of nitrogens with one attached hydrogen (secondary N) is 1. The summed E-state index contributed by atoms with van der Waals surface area (Å²) in [6.45, 7) is 3.59. The molecule has 1 aliphatic rings. The molecule has 5 rings (SSSR count). The fourth-order valence-electron chi connectivity index (χ4n) is 5.11. The molecule has 3 heterocycles. The Morgan fingerprint density at radius 1 is 1.12 bits per heavy atom. The van der Waals surface area contributed by atoms with Crippen LogP contribution >= 0.6 is 0 Å². The van der Waals surface area contributed by atoms with E-state index in [4.69, 9.17) is 14.5 Å². The van der Waals surface area contributed by atoms with Gasteiger partial charge in [0.2, 0.25) is 0 Å². The Balaban J connectivity index is 1.30. The van der Waals surface area contributed by atoms with Gasteiger partial charge in [0.05, 0.1) is 19.1 Å². The van der Waals surface area contributed by atoms with E-state index in [1.807, 2.05) is 30.3 Å². The predicted octanol–water partition coefficient (Wildman–Crippen LogP) is 5.30. The Morgan fingerprint density at radius 3 is 2.78 bits per heavy atom. The van der Waals surface area contributed by atoms with Crippen molar-refractivity contribution in [3.63, 3.8) is 0 Å². The van der Waals surface area contributed by atoms with Gasteiger partial charge in [-0.3, -0.25) is 13.9 Å². The molecule has 4 aromatic rings. The van der Waals surface area contributed by atoms with Gasteiger partial charge in [0.25, 0.3) is 0 Å². The molecule has 214 valence electrons. The van der Waals surface area contributed by atoms with Crippen LogP contribution < -0.4 is 15.7 Å². The zero-order valence-corrected chi connectivity index (χ0v) is 23.2. The Bertz CT molecular complexity index is 1530. The second-order valence-electron chi connectivity index (χ2n) is 10.1. The lowest BCUT2D eigenvalue weighted by Crippen LogP contribution is -2.29. The highest BCUT2D eigenvalue weighted by atomic mass is 19.1. The number of halogens is 1. The fraction of sp³-hybridized carbons (Fsp3) is 0.344. The van der Waals surface area contributed by atoms with Gasteiger partial charge in [-0.1, -0.05) is 42.5 Å². The van der Waals surface area contributed by atoms with Gasteiger partial charge in [-0.2, -0.15) is 0 Å². The first-order valence-electron chi connectivity index (χ1n) is 14.1. The summed E-state index contributed by atoms with van der Waals surface area (Å²) in [5, 5.41) is 3.36. The Kier molecular flexibility index (Phi) is 9.13. The van der Waals surface area contributed by atoms with Crippen LogP contribution in [0.25, 0.3) is 0 Å². The van der Waals surface area contributed by atoms with Crippen LogP contribution in [0.4, 0.5) is 10.2 Å². The summed E-state index contributed by atoms with van der Waals surface area (Å²) >= 11 is 0. The number of imidazole rings is 1. The van der Waals surface area contributed by atoms with E-state index in [1.54, 1.807) is 30.0 Å². The normalized spacial score (nSPS) is 13.2. The van der Waals surface area contributed by atoms with Crippen molar-refractivity contribution in [1.82, 2.24) is 14.1 Å². The third-order valence-corrected chi connectivity index (χ3v) is 7.24. The average Bonchev–Trinajstić information content (AvgIpc) is 3.35. The van der Waals surface area contributed by atoms with Gasteiger partial charge in [-0.15, -0.1) is 0 Å². The number of ether oxygens (including phenoxy) is 2. The minimum atomic E-state index is -0.728. The molecule has 0 fully saturated rings.